The van der Waals surface area contributed by atoms with Gasteiger partial charge in [0.1, 0.15) is 4.83 Å². The van der Waals surface area contributed by atoms with Gasteiger partial charge in [-0.15, -0.1) is 11.3 Å². The van der Waals surface area contributed by atoms with E-state index in [0.717, 1.165) is 27.2 Å². The van der Waals surface area contributed by atoms with Gasteiger partial charge in [0.2, 0.25) is 5.91 Å². The van der Waals surface area contributed by atoms with Crippen LogP contribution in [0.4, 0.5) is 0 Å². The lowest BCUT2D eigenvalue weighted by Crippen LogP contribution is -2.35. The molecule has 2 N–H and O–H groups in total. The van der Waals surface area contributed by atoms with Gasteiger partial charge in [0.05, 0.1) is 22.7 Å². The molecular formula is C23H22N4O2S. The molecule has 0 fully saturated rings. The van der Waals surface area contributed by atoms with Crippen LogP contribution >= 0.6 is 11.3 Å². The number of carbonyl (C=O) groups excluding carboxylic acids is 2. The molecule has 0 radical (unpaired) electrons. The maximum absolute atomic E-state index is 12.6. The summed E-state index contributed by atoms with van der Waals surface area (Å²) in [5.74, 6) is -0.205. The molecule has 4 rings (SSSR count). The van der Waals surface area contributed by atoms with Gasteiger partial charge in [0.15, 0.2) is 0 Å². The normalized spacial score (nSPS) is 10.8. The highest BCUT2D eigenvalue weighted by atomic mass is 32.1. The number of carbonyl (C=O) groups is 2. The molecule has 2 heterocycles. The number of fused-ring (bicyclic) bond motifs is 1. The Labute approximate surface area is 178 Å². The molecule has 2 amide bonds. The first-order chi connectivity index (χ1) is 14.6. The van der Waals surface area contributed by atoms with Crippen LogP contribution in [0.5, 0.6) is 0 Å². The quantitative estimate of drug-likeness (QED) is 0.451. The Balaban J connectivity index is 1.34. The number of aromatic nitrogens is 2. The first-order valence-corrected chi connectivity index (χ1v) is 10.6. The fourth-order valence-electron chi connectivity index (χ4n) is 3.21. The van der Waals surface area contributed by atoms with Crippen molar-refractivity contribution in [1.82, 2.24) is 20.4 Å². The van der Waals surface area contributed by atoms with Crippen LogP contribution < -0.4 is 10.6 Å². The minimum absolute atomic E-state index is 0.0594. The van der Waals surface area contributed by atoms with E-state index in [2.05, 4.69) is 15.7 Å². The molecule has 2 aromatic heterocycles. The van der Waals surface area contributed by atoms with Gasteiger partial charge in [-0.3, -0.25) is 9.59 Å². The van der Waals surface area contributed by atoms with Gasteiger partial charge in [-0.2, -0.15) is 5.10 Å². The first-order valence-electron chi connectivity index (χ1n) is 9.75. The molecule has 0 aliphatic carbocycles. The van der Waals surface area contributed by atoms with Gasteiger partial charge in [-0.25, -0.2) is 4.68 Å². The molecule has 7 heteroatoms. The summed E-state index contributed by atoms with van der Waals surface area (Å²) in [6.07, 6.45) is 0.334. The maximum Gasteiger partial charge on any atom is 0.261 e. The van der Waals surface area contributed by atoms with E-state index < -0.39 is 0 Å². The number of aryl methyl sites for hydroxylation is 1. The zero-order chi connectivity index (χ0) is 20.9. The Kier molecular flexibility index (Phi) is 5.90. The van der Waals surface area contributed by atoms with Crippen molar-refractivity contribution in [3.63, 3.8) is 0 Å². The summed E-state index contributed by atoms with van der Waals surface area (Å²) in [6.45, 7) is 2.70. The molecule has 30 heavy (non-hydrogen) atoms. The molecular weight excluding hydrogens is 396 g/mol. The van der Waals surface area contributed by atoms with Crippen molar-refractivity contribution in [2.75, 3.05) is 13.1 Å². The number of thiophene rings is 1. The van der Waals surface area contributed by atoms with Gasteiger partial charge in [-0.05, 0) is 30.7 Å². The zero-order valence-corrected chi connectivity index (χ0v) is 17.4. The number of hydrogen-bond donors (Lipinski definition) is 2. The summed E-state index contributed by atoms with van der Waals surface area (Å²) in [5.41, 5.74) is 2.81. The fourth-order valence-corrected chi connectivity index (χ4v) is 4.31. The average molecular weight is 419 g/mol. The molecule has 152 valence electrons. The SMILES string of the molecule is Cc1nn(-c2ccccc2)c2sc(C(=O)NCCNC(=O)Cc3ccccc3)cc12. The molecule has 0 unspecified atom stereocenters. The molecule has 0 saturated heterocycles. The second-order valence-electron chi connectivity index (χ2n) is 6.93. The first kappa shape index (κ1) is 19.8. The molecule has 6 nitrogen and oxygen atoms in total. The lowest BCUT2D eigenvalue weighted by molar-refractivity contribution is -0.120. The van der Waals surface area contributed by atoms with Crippen molar-refractivity contribution in [3.8, 4) is 5.69 Å². The van der Waals surface area contributed by atoms with Gasteiger partial charge < -0.3 is 10.6 Å². The van der Waals surface area contributed by atoms with E-state index in [9.17, 15) is 9.59 Å². The van der Waals surface area contributed by atoms with Crippen LogP contribution in [0.25, 0.3) is 15.9 Å². The fraction of sp³-hybridized carbons (Fsp3) is 0.174. The second kappa shape index (κ2) is 8.92. The Morgan fingerprint density at radius 1 is 0.967 bits per heavy atom. The Morgan fingerprint density at radius 3 is 2.37 bits per heavy atom. The predicted octanol–water partition coefficient (Wildman–Crippen LogP) is 3.48. The molecule has 0 saturated carbocycles. The highest BCUT2D eigenvalue weighted by Crippen LogP contribution is 2.30. The van der Waals surface area contributed by atoms with E-state index in [1.54, 1.807) is 0 Å². The number of hydrogen-bond acceptors (Lipinski definition) is 4. The predicted molar refractivity (Wildman–Crippen MR) is 119 cm³/mol. The number of nitrogens with zero attached hydrogens (tertiary/aromatic N) is 2. The van der Waals surface area contributed by atoms with E-state index in [-0.39, 0.29) is 11.8 Å². The van der Waals surface area contributed by atoms with Crippen molar-refractivity contribution in [3.05, 3.63) is 82.9 Å². The van der Waals surface area contributed by atoms with Crippen molar-refractivity contribution >= 4 is 33.4 Å². The smallest absolute Gasteiger partial charge is 0.261 e. The van der Waals surface area contributed by atoms with Gasteiger partial charge in [0, 0.05) is 18.5 Å². The van der Waals surface area contributed by atoms with Crippen LogP contribution in [-0.4, -0.2) is 34.7 Å². The van der Waals surface area contributed by atoms with E-state index in [1.807, 2.05) is 78.3 Å². The van der Waals surface area contributed by atoms with E-state index >= 15 is 0 Å². The van der Waals surface area contributed by atoms with Gasteiger partial charge in [0.25, 0.3) is 5.91 Å². The topological polar surface area (TPSA) is 76.0 Å². The highest BCUT2D eigenvalue weighted by molar-refractivity contribution is 7.20. The van der Waals surface area contributed by atoms with Crippen LogP contribution in [-0.2, 0) is 11.2 Å². The number of nitrogens with one attached hydrogen (secondary N) is 2. The van der Waals surface area contributed by atoms with E-state index in [4.69, 9.17) is 0 Å². The van der Waals surface area contributed by atoms with Crippen LogP contribution in [0.1, 0.15) is 20.9 Å². The molecule has 0 atom stereocenters. The lowest BCUT2D eigenvalue weighted by Gasteiger charge is -2.06. The Bertz CT molecular complexity index is 1170. The number of benzene rings is 2. The maximum atomic E-state index is 12.6. The summed E-state index contributed by atoms with van der Waals surface area (Å²) in [7, 11) is 0. The van der Waals surface area contributed by atoms with Crippen LogP contribution in [0.3, 0.4) is 0 Å². The van der Waals surface area contributed by atoms with E-state index in [1.165, 1.54) is 11.3 Å². The van der Waals surface area contributed by atoms with Crippen molar-refractivity contribution in [2.24, 2.45) is 0 Å². The summed E-state index contributed by atoms with van der Waals surface area (Å²) >= 11 is 1.41. The van der Waals surface area contributed by atoms with Crippen molar-refractivity contribution in [2.45, 2.75) is 13.3 Å². The van der Waals surface area contributed by atoms with Crippen molar-refractivity contribution < 1.29 is 9.59 Å². The minimum Gasteiger partial charge on any atom is -0.354 e. The third-order valence-electron chi connectivity index (χ3n) is 4.71. The molecule has 2 aromatic carbocycles. The summed E-state index contributed by atoms with van der Waals surface area (Å²) in [5, 5.41) is 11.3. The number of amides is 2. The molecule has 0 bridgehead atoms. The van der Waals surface area contributed by atoms with Gasteiger partial charge in [-0.1, -0.05) is 48.5 Å². The molecule has 0 spiro atoms. The standard InChI is InChI=1S/C23H22N4O2S/c1-16-19-15-20(30-23(19)27(26-16)18-10-6-3-7-11-18)22(29)25-13-12-24-21(28)14-17-8-4-2-5-9-17/h2-11,15H,12-14H2,1H3,(H,24,28)(H,25,29). The van der Waals surface area contributed by atoms with Gasteiger partial charge >= 0.3 is 0 Å². The highest BCUT2D eigenvalue weighted by Gasteiger charge is 2.17. The Hall–Kier alpha value is -3.45. The van der Waals surface area contributed by atoms with E-state index in [0.29, 0.717) is 24.4 Å². The second-order valence-corrected chi connectivity index (χ2v) is 7.96. The monoisotopic (exact) mass is 418 g/mol. The lowest BCUT2D eigenvalue weighted by atomic mass is 10.1. The average Bonchev–Trinajstić information content (AvgIpc) is 3.33. The minimum atomic E-state index is -0.146. The van der Waals surface area contributed by atoms with Crippen LogP contribution in [0.15, 0.2) is 66.7 Å². The Morgan fingerprint density at radius 2 is 1.63 bits per heavy atom. The summed E-state index contributed by atoms with van der Waals surface area (Å²) in [4.78, 5) is 26.1. The number of rotatable bonds is 7. The summed E-state index contributed by atoms with van der Waals surface area (Å²) in [6, 6.07) is 21.3. The molecule has 0 aliphatic rings. The third-order valence-corrected chi connectivity index (χ3v) is 5.82. The zero-order valence-electron chi connectivity index (χ0n) is 16.6. The summed E-state index contributed by atoms with van der Waals surface area (Å²) < 4.78 is 1.87. The number of para-hydroxylation sites is 1. The molecule has 0 aliphatic heterocycles. The molecule has 4 aromatic rings. The van der Waals surface area contributed by atoms with Crippen LogP contribution in [0.2, 0.25) is 0 Å². The van der Waals surface area contributed by atoms with Crippen molar-refractivity contribution in [1.29, 1.82) is 0 Å². The van der Waals surface area contributed by atoms with Crippen LogP contribution in [0, 0.1) is 6.92 Å². The largest absolute Gasteiger partial charge is 0.354 e. The third kappa shape index (κ3) is 4.41.